The van der Waals surface area contributed by atoms with Gasteiger partial charge in [0.15, 0.2) is 0 Å². The van der Waals surface area contributed by atoms with E-state index in [2.05, 4.69) is 89.5 Å². The van der Waals surface area contributed by atoms with E-state index in [0.29, 0.717) is 0 Å². The highest BCUT2D eigenvalue weighted by Gasteiger charge is 2.18. The molecule has 0 aliphatic heterocycles. The van der Waals surface area contributed by atoms with Crippen molar-refractivity contribution >= 4 is 11.4 Å². The lowest BCUT2D eigenvalue weighted by atomic mass is 9.87. The highest BCUT2D eigenvalue weighted by atomic mass is 15.1. The Morgan fingerprint density at radius 2 is 1.00 bits per heavy atom. The van der Waals surface area contributed by atoms with E-state index >= 15 is 0 Å². The summed E-state index contributed by atoms with van der Waals surface area (Å²) in [4.78, 5) is 4.88. The fraction of sp³-hybridized carbons (Fsp3) is 0.500. The molecule has 0 radical (unpaired) electrons. The minimum absolute atomic E-state index is 1.05. The van der Waals surface area contributed by atoms with E-state index in [1.165, 1.54) is 44.8 Å². The molecule has 2 aromatic rings. The standard InChI is InChI=1S/C24H36N2/c1-9-25(10-2)22-15-13-21(14-16-22)23-17(5)19(7)24(20(8)18(23)6)26(11-3)12-4/h13-16H,9-12H2,1-8H3. The van der Waals surface area contributed by atoms with Crippen molar-refractivity contribution in [2.24, 2.45) is 0 Å². The molecule has 0 saturated carbocycles. The quantitative estimate of drug-likeness (QED) is 0.578. The molecule has 2 rings (SSSR count). The van der Waals surface area contributed by atoms with Gasteiger partial charge in [0, 0.05) is 37.6 Å². The van der Waals surface area contributed by atoms with Crippen LogP contribution in [0.25, 0.3) is 11.1 Å². The van der Waals surface area contributed by atoms with Crippen molar-refractivity contribution < 1.29 is 0 Å². The average molecular weight is 353 g/mol. The van der Waals surface area contributed by atoms with Crippen LogP contribution in [0.3, 0.4) is 0 Å². The Morgan fingerprint density at radius 3 is 1.38 bits per heavy atom. The fourth-order valence-corrected chi connectivity index (χ4v) is 4.17. The van der Waals surface area contributed by atoms with E-state index in [1.807, 2.05) is 0 Å². The molecule has 2 aromatic carbocycles. The van der Waals surface area contributed by atoms with E-state index in [4.69, 9.17) is 0 Å². The SMILES string of the molecule is CCN(CC)c1ccc(-c2c(C)c(C)c(N(CC)CC)c(C)c2C)cc1. The van der Waals surface area contributed by atoms with Crippen LogP contribution in [0.15, 0.2) is 24.3 Å². The Hall–Kier alpha value is -1.96. The van der Waals surface area contributed by atoms with E-state index in [9.17, 15) is 0 Å². The zero-order valence-corrected chi connectivity index (χ0v) is 18.0. The highest BCUT2D eigenvalue weighted by Crippen LogP contribution is 2.39. The van der Waals surface area contributed by atoms with E-state index in [0.717, 1.165) is 26.2 Å². The van der Waals surface area contributed by atoms with Crippen LogP contribution in [-0.4, -0.2) is 26.2 Å². The lowest BCUT2D eigenvalue weighted by Gasteiger charge is -2.29. The van der Waals surface area contributed by atoms with Gasteiger partial charge >= 0.3 is 0 Å². The first kappa shape index (κ1) is 20.4. The number of anilines is 2. The summed E-state index contributed by atoms with van der Waals surface area (Å²) in [5.74, 6) is 0. The lowest BCUT2D eigenvalue weighted by molar-refractivity contribution is 0.854. The maximum Gasteiger partial charge on any atom is 0.0431 e. The van der Waals surface area contributed by atoms with Gasteiger partial charge in [0.25, 0.3) is 0 Å². The summed E-state index contributed by atoms with van der Waals surface area (Å²) >= 11 is 0. The minimum Gasteiger partial charge on any atom is -0.372 e. The molecule has 0 aliphatic rings. The third kappa shape index (κ3) is 3.60. The maximum absolute atomic E-state index is 2.48. The molecule has 0 amide bonds. The molecule has 0 spiro atoms. The smallest absolute Gasteiger partial charge is 0.0431 e. The van der Waals surface area contributed by atoms with Crippen LogP contribution in [-0.2, 0) is 0 Å². The predicted molar refractivity (Wildman–Crippen MR) is 118 cm³/mol. The third-order valence-electron chi connectivity index (χ3n) is 5.95. The van der Waals surface area contributed by atoms with Crippen molar-refractivity contribution in [1.82, 2.24) is 0 Å². The number of hydrogen-bond donors (Lipinski definition) is 0. The first-order chi connectivity index (χ1) is 12.4. The molecule has 0 aromatic heterocycles. The van der Waals surface area contributed by atoms with Gasteiger partial charge in [0.2, 0.25) is 0 Å². The molecule has 0 unspecified atom stereocenters. The van der Waals surface area contributed by atoms with Gasteiger partial charge in [-0.05, 0) is 101 Å². The summed E-state index contributed by atoms with van der Waals surface area (Å²) < 4.78 is 0. The van der Waals surface area contributed by atoms with Crippen LogP contribution >= 0.6 is 0 Å². The summed E-state index contributed by atoms with van der Waals surface area (Å²) in [5, 5.41) is 0. The van der Waals surface area contributed by atoms with Crippen LogP contribution in [0.4, 0.5) is 11.4 Å². The van der Waals surface area contributed by atoms with Crippen LogP contribution in [0.1, 0.15) is 49.9 Å². The Kier molecular flexibility index (Phi) is 6.75. The van der Waals surface area contributed by atoms with Gasteiger partial charge in [0.05, 0.1) is 0 Å². The minimum atomic E-state index is 1.05. The number of hydrogen-bond acceptors (Lipinski definition) is 2. The first-order valence-electron chi connectivity index (χ1n) is 10.1. The van der Waals surface area contributed by atoms with Crippen LogP contribution < -0.4 is 9.80 Å². The Bertz CT molecular complexity index is 707. The second kappa shape index (κ2) is 8.62. The molecule has 0 aliphatic carbocycles. The van der Waals surface area contributed by atoms with E-state index in [-0.39, 0.29) is 0 Å². The first-order valence-corrected chi connectivity index (χ1v) is 10.1. The van der Waals surface area contributed by atoms with Crippen molar-refractivity contribution in [2.45, 2.75) is 55.4 Å². The Balaban J connectivity index is 2.57. The van der Waals surface area contributed by atoms with Gasteiger partial charge < -0.3 is 9.80 Å². The number of nitrogens with zero attached hydrogens (tertiary/aromatic N) is 2. The summed E-state index contributed by atoms with van der Waals surface area (Å²) in [6, 6.07) is 9.12. The molecule has 0 atom stereocenters. The fourth-order valence-electron chi connectivity index (χ4n) is 4.17. The molecule has 26 heavy (non-hydrogen) atoms. The number of benzene rings is 2. The molecular formula is C24H36N2. The highest BCUT2D eigenvalue weighted by molar-refractivity contribution is 5.80. The Labute approximate surface area is 160 Å². The van der Waals surface area contributed by atoms with Crippen molar-refractivity contribution in [2.75, 3.05) is 36.0 Å². The summed E-state index contributed by atoms with van der Waals surface area (Å²) in [5.41, 5.74) is 11.1. The van der Waals surface area contributed by atoms with E-state index in [1.54, 1.807) is 0 Å². The van der Waals surface area contributed by atoms with Gasteiger partial charge in [-0.2, -0.15) is 0 Å². The molecule has 0 N–H and O–H groups in total. The molecule has 0 heterocycles. The van der Waals surface area contributed by atoms with Gasteiger partial charge in [-0.3, -0.25) is 0 Å². The predicted octanol–water partition coefficient (Wildman–Crippen LogP) is 6.28. The van der Waals surface area contributed by atoms with Crippen molar-refractivity contribution in [3.8, 4) is 11.1 Å². The van der Waals surface area contributed by atoms with Gasteiger partial charge in [-0.15, -0.1) is 0 Å². The zero-order chi connectivity index (χ0) is 19.4. The number of rotatable bonds is 7. The van der Waals surface area contributed by atoms with Gasteiger partial charge in [-0.25, -0.2) is 0 Å². The summed E-state index contributed by atoms with van der Waals surface area (Å²) in [6.07, 6.45) is 0. The monoisotopic (exact) mass is 352 g/mol. The summed E-state index contributed by atoms with van der Waals surface area (Å²) in [6.45, 7) is 22.2. The normalized spacial score (nSPS) is 10.9. The largest absolute Gasteiger partial charge is 0.372 e. The molecule has 142 valence electrons. The van der Waals surface area contributed by atoms with Gasteiger partial charge in [-0.1, -0.05) is 12.1 Å². The average Bonchev–Trinajstić information content (AvgIpc) is 2.66. The summed E-state index contributed by atoms with van der Waals surface area (Å²) in [7, 11) is 0. The van der Waals surface area contributed by atoms with Crippen LogP contribution in [0.2, 0.25) is 0 Å². The lowest BCUT2D eigenvalue weighted by Crippen LogP contribution is -2.24. The maximum atomic E-state index is 2.48. The third-order valence-corrected chi connectivity index (χ3v) is 5.95. The topological polar surface area (TPSA) is 6.48 Å². The van der Waals surface area contributed by atoms with E-state index < -0.39 is 0 Å². The van der Waals surface area contributed by atoms with Crippen molar-refractivity contribution in [1.29, 1.82) is 0 Å². The van der Waals surface area contributed by atoms with Crippen LogP contribution in [0, 0.1) is 27.7 Å². The molecule has 0 saturated heterocycles. The van der Waals surface area contributed by atoms with Crippen molar-refractivity contribution in [3.05, 3.63) is 46.5 Å². The second-order valence-corrected chi connectivity index (χ2v) is 7.12. The van der Waals surface area contributed by atoms with Crippen LogP contribution in [0.5, 0.6) is 0 Å². The second-order valence-electron chi connectivity index (χ2n) is 7.12. The molecule has 2 nitrogen and oxygen atoms in total. The zero-order valence-electron chi connectivity index (χ0n) is 18.0. The molecule has 0 fully saturated rings. The molecule has 0 bridgehead atoms. The Morgan fingerprint density at radius 1 is 0.577 bits per heavy atom. The van der Waals surface area contributed by atoms with Gasteiger partial charge in [0.1, 0.15) is 0 Å². The molecule has 2 heteroatoms. The molecular weight excluding hydrogens is 316 g/mol. The van der Waals surface area contributed by atoms with Crippen molar-refractivity contribution in [3.63, 3.8) is 0 Å².